The number of pyridine rings is 1. The maximum absolute atomic E-state index is 12.9. The lowest BCUT2D eigenvalue weighted by Crippen LogP contribution is -2.32. The van der Waals surface area contributed by atoms with Crippen LogP contribution in [0.4, 0.5) is 0 Å². The predicted molar refractivity (Wildman–Crippen MR) is 108 cm³/mol. The van der Waals surface area contributed by atoms with Crippen LogP contribution in [0.1, 0.15) is 28.8 Å². The van der Waals surface area contributed by atoms with E-state index in [1.807, 2.05) is 55.5 Å². The Bertz CT molecular complexity index is 980. The van der Waals surface area contributed by atoms with E-state index < -0.39 is 0 Å². The van der Waals surface area contributed by atoms with Crippen molar-refractivity contribution in [3.8, 4) is 11.3 Å². The third kappa shape index (κ3) is 3.82. The zero-order valence-corrected chi connectivity index (χ0v) is 15.9. The number of hydrogen-bond acceptors (Lipinski definition) is 3. The number of para-hydroxylation sites is 1. The lowest BCUT2D eigenvalue weighted by atomic mass is 10.0. The summed E-state index contributed by atoms with van der Waals surface area (Å²) in [5.41, 5.74) is 4.20. The van der Waals surface area contributed by atoms with Crippen LogP contribution in [0.5, 0.6) is 0 Å². The number of ether oxygens (including phenoxy) is 1. The number of carbonyl (C=O) groups excluding carboxylic acids is 1. The summed E-state index contributed by atoms with van der Waals surface area (Å²) in [4.78, 5) is 17.8. The molecular formula is C22H21ClN2O2. The van der Waals surface area contributed by atoms with Crippen LogP contribution in [0.3, 0.4) is 0 Å². The molecule has 1 fully saturated rings. The average Bonchev–Trinajstić information content (AvgIpc) is 3.20. The first-order chi connectivity index (χ1) is 13.1. The largest absolute Gasteiger partial charge is 0.376 e. The highest BCUT2D eigenvalue weighted by Gasteiger charge is 2.19. The fraction of sp³-hybridized carbons (Fsp3) is 0.273. The molecule has 4 rings (SSSR count). The zero-order chi connectivity index (χ0) is 18.8. The summed E-state index contributed by atoms with van der Waals surface area (Å²) in [6.07, 6.45) is 2.16. The van der Waals surface area contributed by atoms with Crippen LogP contribution >= 0.6 is 11.6 Å². The third-order valence-corrected chi connectivity index (χ3v) is 5.19. The van der Waals surface area contributed by atoms with E-state index >= 15 is 0 Å². The molecule has 4 nitrogen and oxygen atoms in total. The molecule has 27 heavy (non-hydrogen) atoms. The number of benzene rings is 2. The van der Waals surface area contributed by atoms with Gasteiger partial charge in [0.05, 0.1) is 22.9 Å². The Morgan fingerprint density at radius 2 is 2.07 bits per heavy atom. The van der Waals surface area contributed by atoms with Crippen molar-refractivity contribution in [3.63, 3.8) is 0 Å². The van der Waals surface area contributed by atoms with Gasteiger partial charge in [-0.2, -0.15) is 0 Å². The lowest BCUT2D eigenvalue weighted by molar-refractivity contribution is 0.0859. The number of aromatic nitrogens is 1. The molecule has 0 bridgehead atoms. The van der Waals surface area contributed by atoms with Crippen molar-refractivity contribution in [2.75, 3.05) is 13.2 Å². The van der Waals surface area contributed by atoms with Crippen LogP contribution in [0, 0.1) is 6.92 Å². The number of fused-ring (bicyclic) bond motifs is 1. The molecule has 1 aliphatic rings. The number of aryl methyl sites for hydroxylation is 1. The third-order valence-electron chi connectivity index (χ3n) is 4.94. The second-order valence-corrected chi connectivity index (χ2v) is 7.31. The van der Waals surface area contributed by atoms with Crippen LogP contribution in [0.15, 0.2) is 48.5 Å². The molecule has 0 radical (unpaired) electrons. The monoisotopic (exact) mass is 380 g/mol. The normalized spacial score (nSPS) is 16.6. The summed E-state index contributed by atoms with van der Waals surface area (Å²) >= 11 is 6.01. The lowest BCUT2D eigenvalue weighted by Gasteiger charge is -2.14. The van der Waals surface area contributed by atoms with Gasteiger partial charge in [-0.1, -0.05) is 41.9 Å². The van der Waals surface area contributed by atoms with Gasteiger partial charge in [-0.3, -0.25) is 4.79 Å². The minimum absolute atomic E-state index is 0.0984. The number of nitrogens with zero attached hydrogens (tertiary/aromatic N) is 1. The maximum atomic E-state index is 12.9. The Kier molecular flexibility index (Phi) is 5.10. The van der Waals surface area contributed by atoms with Crippen molar-refractivity contribution < 1.29 is 9.53 Å². The van der Waals surface area contributed by atoms with Gasteiger partial charge in [0.25, 0.3) is 5.91 Å². The fourth-order valence-electron chi connectivity index (χ4n) is 3.46. The van der Waals surface area contributed by atoms with Gasteiger partial charge in [0, 0.05) is 29.1 Å². The number of nitrogens with one attached hydrogen (secondary N) is 1. The number of carbonyl (C=O) groups is 1. The minimum Gasteiger partial charge on any atom is -0.376 e. The SMILES string of the molecule is Cc1cccc2c(C(=O)NC[C@@H]3CCCO3)cc(-c3ccc(Cl)cc3)nc12. The molecule has 1 atom stereocenters. The molecule has 0 unspecified atom stereocenters. The minimum atomic E-state index is -0.0984. The predicted octanol–water partition coefficient (Wildman–Crippen LogP) is 4.77. The van der Waals surface area contributed by atoms with Crippen LogP contribution in [-0.4, -0.2) is 30.1 Å². The maximum Gasteiger partial charge on any atom is 0.252 e. The van der Waals surface area contributed by atoms with Crippen molar-refractivity contribution in [1.29, 1.82) is 0 Å². The van der Waals surface area contributed by atoms with E-state index in [2.05, 4.69) is 5.32 Å². The second kappa shape index (κ2) is 7.67. The molecule has 138 valence electrons. The van der Waals surface area contributed by atoms with E-state index in [4.69, 9.17) is 21.3 Å². The molecule has 0 aliphatic carbocycles. The number of amides is 1. The number of rotatable bonds is 4. The summed E-state index contributed by atoms with van der Waals surface area (Å²) in [7, 11) is 0. The Morgan fingerprint density at radius 1 is 1.26 bits per heavy atom. The molecule has 2 heterocycles. The van der Waals surface area contributed by atoms with Crippen LogP contribution in [-0.2, 0) is 4.74 Å². The van der Waals surface area contributed by atoms with Crippen LogP contribution < -0.4 is 5.32 Å². The first-order valence-electron chi connectivity index (χ1n) is 9.18. The first kappa shape index (κ1) is 18.0. The molecule has 1 saturated heterocycles. The summed E-state index contributed by atoms with van der Waals surface area (Å²) in [5, 5.41) is 4.56. The standard InChI is InChI=1S/C22H21ClN2O2/c1-14-4-2-6-18-19(22(26)24-13-17-5-3-11-27-17)12-20(25-21(14)18)15-7-9-16(23)10-8-15/h2,4,6-10,12,17H,3,5,11,13H2,1H3,(H,24,26)/t17-/m0/s1. The average molecular weight is 381 g/mol. The number of halogens is 1. The van der Waals surface area contributed by atoms with Gasteiger partial charge in [-0.05, 0) is 43.5 Å². The van der Waals surface area contributed by atoms with Gasteiger partial charge in [-0.15, -0.1) is 0 Å². The highest BCUT2D eigenvalue weighted by Crippen LogP contribution is 2.27. The van der Waals surface area contributed by atoms with Gasteiger partial charge in [0.15, 0.2) is 0 Å². The fourth-order valence-corrected chi connectivity index (χ4v) is 3.58. The molecule has 1 N–H and O–H groups in total. The van der Waals surface area contributed by atoms with E-state index in [-0.39, 0.29) is 12.0 Å². The quantitative estimate of drug-likeness (QED) is 0.709. The molecule has 2 aromatic carbocycles. The summed E-state index contributed by atoms with van der Waals surface area (Å²) in [5.74, 6) is -0.0984. The van der Waals surface area contributed by atoms with Gasteiger partial charge in [-0.25, -0.2) is 4.98 Å². The Hall–Kier alpha value is -2.43. The van der Waals surface area contributed by atoms with Crippen molar-refractivity contribution in [2.45, 2.75) is 25.9 Å². The molecule has 0 saturated carbocycles. The molecular weight excluding hydrogens is 360 g/mol. The number of hydrogen-bond donors (Lipinski definition) is 1. The highest BCUT2D eigenvalue weighted by molar-refractivity contribution is 6.30. The molecule has 1 aromatic heterocycles. The summed E-state index contributed by atoms with van der Waals surface area (Å²) < 4.78 is 5.61. The Labute approximate surface area is 163 Å². The zero-order valence-electron chi connectivity index (χ0n) is 15.2. The van der Waals surface area contributed by atoms with E-state index in [9.17, 15) is 4.79 Å². The Morgan fingerprint density at radius 3 is 2.81 bits per heavy atom. The first-order valence-corrected chi connectivity index (χ1v) is 9.56. The Balaban J connectivity index is 1.74. The molecule has 5 heteroatoms. The van der Waals surface area contributed by atoms with E-state index in [0.717, 1.165) is 47.2 Å². The van der Waals surface area contributed by atoms with Crippen molar-refractivity contribution >= 4 is 28.4 Å². The summed E-state index contributed by atoms with van der Waals surface area (Å²) in [6, 6.07) is 15.3. The van der Waals surface area contributed by atoms with Crippen molar-refractivity contribution in [3.05, 3.63) is 64.7 Å². The van der Waals surface area contributed by atoms with Crippen LogP contribution in [0.25, 0.3) is 22.2 Å². The van der Waals surface area contributed by atoms with Gasteiger partial charge in [0.1, 0.15) is 0 Å². The second-order valence-electron chi connectivity index (χ2n) is 6.88. The van der Waals surface area contributed by atoms with E-state index in [1.165, 1.54) is 0 Å². The smallest absolute Gasteiger partial charge is 0.252 e. The summed E-state index contributed by atoms with van der Waals surface area (Å²) in [6.45, 7) is 3.32. The van der Waals surface area contributed by atoms with Crippen molar-refractivity contribution in [2.24, 2.45) is 0 Å². The molecule has 0 spiro atoms. The van der Waals surface area contributed by atoms with Gasteiger partial charge >= 0.3 is 0 Å². The highest BCUT2D eigenvalue weighted by atomic mass is 35.5. The van der Waals surface area contributed by atoms with Gasteiger partial charge < -0.3 is 10.1 Å². The van der Waals surface area contributed by atoms with Crippen molar-refractivity contribution in [1.82, 2.24) is 10.3 Å². The topological polar surface area (TPSA) is 51.2 Å². The molecule has 3 aromatic rings. The van der Waals surface area contributed by atoms with E-state index in [0.29, 0.717) is 17.1 Å². The molecule has 1 amide bonds. The van der Waals surface area contributed by atoms with Gasteiger partial charge in [0.2, 0.25) is 0 Å². The molecule has 1 aliphatic heterocycles. The van der Waals surface area contributed by atoms with E-state index in [1.54, 1.807) is 0 Å². The van der Waals surface area contributed by atoms with Crippen LogP contribution in [0.2, 0.25) is 5.02 Å².